The van der Waals surface area contributed by atoms with Gasteiger partial charge >= 0.3 is 0 Å². The molecule has 0 fully saturated rings. The topological polar surface area (TPSA) is 114 Å². The minimum atomic E-state index is 0.0896. The molecule has 0 saturated heterocycles. The number of methoxy groups -OCH3 is 2. The summed E-state index contributed by atoms with van der Waals surface area (Å²) >= 11 is 0. The number of anilines is 2. The van der Waals surface area contributed by atoms with E-state index in [9.17, 15) is 0 Å². The summed E-state index contributed by atoms with van der Waals surface area (Å²) in [6, 6.07) is 5.53. The van der Waals surface area contributed by atoms with Crippen LogP contribution in [0.25, 0.3) is 16.6 Å². The van der Waals surface area contributed by atoms with E-state index >= 15 is 0 Å². The Bertz CT molecular complexity index is 814. The molecule has 4 N–H and O–H groups in total. The van der Waals surface area contributed by atoms with E-state index in [0.717, 1.165) is 10.8 Å². The highest BCUT2D eigenvalue weighted by atomic mass is 16.5. The molecular formula is C13H14N6O2. The minimum Gasteiger partial charge on any atom is -0.493 e. The van der Waals surface area contributed by atoms with Crippen molar-refractivity contribution in [1.82, 2.24) is 19.7 Å². The van der Waals surface area contributed by atoms with Gasteiger partial charge in [0.05, 0.1) is 14.2 Å². The van der Waals surface area contributed by atoms with Gasteiger partial charge in [-0.05, 0) is 23.6 Å². The Morgan fingerprint density at radius 1 is 1.10 bits per heavy atom. The molecule has 0 aliphatic rings. The molecule has 2 heterocycles. The second-order valence-electron chi connectivity index (χ2n) is 4.30. The molecule has 8 nitrogen and oxygen atoms in total. The van der Waals surface area contributed by atoms with Crippen molar-refractivity contribution in [1.29, 1.82) is 0 Å². The number of nitrogens with zero attached hydrogens (tertiary/aromatic N) is 4. The fraction of sp³-hybridized carbons (Fsp3) is 0.154. The highest BCUT2D eigenvalue weighted by molar-refractivity contribution is 5.91. The van der Waals surface area contributed by atoms with E-state index in [-0.39, 0.29) is 11.9 Å². The number of aromatic nitrogens is 4. The van der Waals surface area contributed by atoms with Crippen LogP contribution in [0.1, 0.15) is 0 Å². The lowest BCUT2D eigenvalue weighted by atomic mass is 10.1. The predicted molar refractivity (Wildman–Crippen MR) is 78.6 cm³/mol. The average molecular weight is 286 g/mol. The molecule has 0 atom stereocenters. The zero-order valence-electron chi connectivity index (χ0n) is 11.6. The highest BCUT2D eigenvalue weighted by Gasteiger charge is 2.14. The third-order valence-electron chi connectivity index (χ3n) is 3.10. The lowest BCUT2D eigenvalue weighted by Crippen LogP contribution is -2.05. The fourth-order valence-corrected chi connectivity index (χ4v) is 2.15. The Hall–Kier alpha value is -3.03. The quantitative estimate of drug-likeness (QED) is 0.738. The van der Waals surface area contributed by atoms with Crippen molar-refractivity contribution >= 4 is 22.7 Å². The summed E-state index contributed by atoms with van der Waals surface area (Å²) in [5.41, 5.74) is 11.4. The zero-order chi connectivity index (χ0) is 15.0. The first-order chi connectivity index (χ1) is 10.1. The van der Waals surface area contributed by atoms with E-state index in [1.807, 2.05) is 18.2 Å². The van der Waals surface area contributed by atoms with Gasteiger partial charge in [0, 0.05) is 11.6 Å². The van der Waals surface area contributed by atoms with Crippen molar-refractivity contribution < 1.29 is 9.47 Å². The molecule has 0 bridgehead atoms. The van der Waals surface area contributed by atoms with E-state index in [1.165, 1.54) is 4.68 Å². The number of hydrogen-bond donors (Lipinski definition) is 2. The molecule has 0 unspecified atom stereocenters. The molecule has 0 aliphatic heterocycles. The summed E-state index contributed by atoms with van der Waals surface area (Å²) < 4.78 is 12.0. The maximum Gasteiger partial charge on any atom is 0.241 e. The van der Waals surface area contributed by atoms with Gasteiger partial charge in [0.1, 0.15) is 0 Å². The molecule has 1 aromatic carbocycles. The fourth-order valence-electron chi connectivity index (χ4n) is 2.15. The molecule has 2 aromatic heterocycles. The van der Waals surface area contributed by atoms with Crippen molar-refractivity contribution in [3.63, 3.8) is 0 Å². The lowest BCUT2D eigenvalue weighted by Gasteiger charge is -2.11. The Labute approximate surface area is 120 Å². The van der Waals surface area contributed by atoms with Crippen molar-refractivity contribution in [2.75, 3.05) is 25.7 Å². The van der Waals surface area contributed by atoms with E-state index in [2.05, 4.69) is 15.1 Å². The molecule has 0 saturated carbocycles. The first-order valence-corrected chi connectivity index (χ1v) is 6.13. The summed E-state index contributed by atoms with van der Waals surface area (Å²) in [5, 5.41) is 5.76. The van der Waals surface area contributed by atoms with Gasteiger partial charge in [0.25, 0.3) is 0 Å². The third kappa shape index (κ3) is 2.06. The number of ether oxygens (including phenoxy) is 2. The van der Waals surface area contributed by atoms with Crippen LogP contribution in [0, 0.1) is 0 Å². The maximum atomic E-state index is 5.80. The largest absolute Gasteiger partial charge is 0.493 e. The van der Waals surface area contributed by atoms with Crippen molar-refractivity contribution in [3.8, 4) is 17.3 Å². The summed E-state index contributed by atoms with van der Waals surface area (Å²) in [4.78, 5) is 8.19. The number of nitrogen functional groups attached to an aromatic ring is 2. The van der Waals surface area contributed by atoms with Crippen LogP contribution < -0.4 is 20.9 Å². The van der Waals surface area contributed by atoms with Crippen LogP contribution in [0.3, 0.4) is 0 Å². The van der Waals surface area contributed by atoms with Gasteiger partial charge in [-0.2, -0.15) is 9.67 Å². The second-order valence-corrected chi connectivity index (χ2v) is 4.30. The maximum absolute atomic E-state index is 5.80. The smallest absolute Gasteiger partial charge is 0.241 e. The van der Waals surface area contributed by atoms with Gasteiger partial charge in [-0.3, -0.25) is 0 Å². The Kier molecular flexibility index (Phi) is 2.98. The van der Waals surface area contributed by atoms with Gasteiger partial charge < -0.3 is 20.9 Å². The zero-order valence-corrected chi connectivity index (χ0v) is 11.6. The molecule has 3 aromatic rings. The van der Waals surface area contributed by atoms with Gasteiger partial charge in [0.2, 0.25) is 11.9 Å². The molecule has 8 heteroatoms. The second kappa shape index (κ2) is 4.82. The molecular weight excluding hydrogens is 272 g/mol. The summed E-state index contributed by atoms with van der Waals surface area (Å²) in [6.45, 7) is 0. The third-order valence-corrected chi connectivity index (χ3v) is 3.10. The normalized spacial score (nSPS) is 10.8. The van der Waals surface area contributed by atoms with Crippen LogP contribution >= 0.6 is 0 Å². The molecule has 0 spiro atoms. The number of pyridine rings is 1. The van der Waals surface area contributed by atoms with Gasteiger partial charge in [-0.25, -0.2) is 4.98 Å². The van der Waals surface area contributed by atoms with Crippen molar-refractivity contribution in [2.45, 2.75) is 0 Å². The van der Waals surface area contributed by atoms with Crippen LogP contribution in [0.4, 0.5) is 11.9 Å². The Morgan fingerprint density at radius 2 is 1.81 bits per heavy atom. The molecule has 0 amide bonds. The first-order valence-electron chi connectivity index (χ1n) is 6.13. The predicted octanol–water partition coefficient (Wildman–Crippen LogP) is 0.997. The van der Waals surface area contributed by atoms with Crippen molar-refractivity contribution in [2.24, 2.45) is 0 Å². The van der Waals surface area contributed by atoms with Gasteiger partial charge in [-0.15, -0.1) is 5.10 Å². The van der Waals surface area contributed by atoms with Crippen LogP contribution in [0.15, 0.2) is 24.4 Å². The Morgan fingerprint density at radius 3 is 2.43 bits per heavy atom. The number of hydrogen-bond acceptors (Lipinski definition) is 7. The van der Waals surface area contributed by atoms with E-state index < -0.39 is 0 Å². The standard InChI is InChI=1S/C13H14N6O2/c1-20-9-5-7-3-4-16-11(8(7)6-10(9)21-2)19-13(15)17-12(14)18-19/h3-6H,1-2H3,(H4,14,15,17,18). The van der Waals surface area contributed by atoms with E-state index in [4.69, 9.17) is 20.9 Å². The highest BCUT2D eigenvalue weighted by Crippen LogP contribution is 2.34. The molecule has 0 radical (unpaired) electrons. The van der Waals surface area contributed by atoms with Crippen LogP contribution in [0.2, 0.25) is 0 Å². The molecule has 3 rings (SSSR count). The van der Waals surface area contributed by atoms with Crippen LogP contribution in [-0.2, 0) is 0 Å². The SMILES string of the molecule is COc1cc2ccnc(-n3nc(N)nc3N)c2cc1OC. The summed E-state index contributed by atoms with van der Waals surface area (Å²) in [7, 11) is 3.16. The average Bonchev–Trinajstić information content (AvgIpc) is 2.83. The number of rotatable bonds is 3. The van der Waals surface area contributed by atoms with Gasteiger partial charge in [0.15, 0.2) is 17.3 Å². The number of fused-ring (bicyclic) bond motifs is 1. The molecule has 108 valence electrons. The van der Waals surface area contributed by atoms with Crippen LogP contribution in [-0.4, -0.2) is 34.0 Å². The van der Waals surface area contributed by atoms with Crippen LogP contribution in [0.5, 0.6) is 11.5 Å². The molecule has 21 heavy (non-hydrogen) atoms. The lowest BCUT2D eigenvalue weighted by molar-refractivity contribution is 0.356. The number of nitrogens with two attached hydrogens (primary N) is 2. The van der Waals surface area contributed by atoms with E-state index in [0.29, 0.717) is 17.3 Å². The summed E-state index contributed by atoms with van der Waals surface area (Å²) in [6.07, 6.45) is 1.65. The first kappa shape index (κ1) is 13.0. The monoisotopic (exact) mass is 286 g/mol. The molecule has 0 aliphatic carbocycles. The van der Waals surface area contributed by atoms with Crippen molar-refractivity contribution in [3.05, 3.63) is 24.4 Å². The van der Waals surface area contributed by atoms with E-state index in [1.54, 1.807) is 20.4 Å². The number of benzene rings is 1. The van der Waals surface area contributed by atoms with Gasteiger partial charge in [-0.1, -0.05) is 0 Å². The Balaban J connectivity index is 2.31. The summed E-state index contributed by atoms with van der Waals surface area (Å²) in [5.74, 6) is 2.00. The minimum absolute atomic E-state index is 0.0896.